The fourth-order valence-corrected chi connectivity index (χ4v) is 3.86. The minimum absolute atomic E-state index is 0.0584. The first kappa shape index (κ1) is 15.6. The second-order valence-electron chi connectivity index (χ2n) is 6.24. The number of piperidine rings is 1. The van der Waals surface area contributed by atoms with Crippen molar-refractivity contribution in [1.29, 1.82) is 0 Å². The van der Waals surface area contributed by atoms with Gasteiger partial charge in [-0.1, -0.05) is 0 Å². The van der Waals surface area contributed by atoms with Gasteiger partial charge in [-0.2, -0.15) is 0 Å². The van der Waals surface area contributed by atoms with Gasteiger partial charge < -0.3 is 10.0 Å². The molecule has 122 valence electrons. The van der Waals surface area contributed by atoms with Gasteiger partial charge in [0, 0.05) is 43.9 Å². The summed E-state index contributed by atoms with van der Waals surface area (Å²) in [6, 6.07) is 1.93. The fourth-order valence-electron chi connectivity index (χ4n) is 2.95. The number of aromatic nitrogens is 2. The van der Waals surface area contributed by atoms with E-state index in [0.29, 0.717) is 25.5 Å². The molecule has 0 saturated carbocycles. The van der Waals surface area contributed by atoms with Crippen LogP contribution in [0.4, 0.5) is 5.82 Å². The average molecular weight is 326 g/mol. The summed E-state index contributed by atoms with van der Waals surface area (Å²) < 4.78 is 24.4. The molecule has 22 heavy (non-hydrogen) atoms. The quantitative estimate of drug-likeness (QED) is 0.848. The molecule has 2 aliphatic heterocycles. The van der Waals surface area contributed by atoms with Crippen LogP contribution in [-0.2, 0) is 10.0 Å². The van der Waals surface area contributed by atoms with E-state index in [9.17, 15) is 13.5 Å². The summed E-state index contributed by atoms with van der Waals surface area (Å²) in [5.41, 5.74) is 0.873. The highest BCUT2D eigenvalue weighted by atomic mass is 32.2. The molecular weight excluding hydrogens is 304 g/mol. The summed E-state index contributed by atoms with van der Waals surface area (Å²) in [7, 11) is -3.12. The number of β-amino-alcohol motifs (C(OH)–C–C–N with tert-alkyl or cyclic N) is 1. The first-order chi connectivity index (χ1) is 10.3. The maximum atomic E-state index is 11.5. The topological polar surface area (TPSA) is 86.6 Å². The van der Waals surface area contributed by atoms with E-state index in [-0.39, 0.29) is 12.0 Å². The SMILES string of the molecule is Cc1cc(N2CCCC(O)C2)nc(C2CN(S(C)(=O)=O)C2)n1. The molecule has 1 unspecified atom stereocenters. The lowest BCUT2D eigenvalue weighted by Gasteiger charge is -2.37. The Labute approximate surface area is 131 Å². The second kappa shape index (κ2) is 5.75. The highest BCUT2D eigenvalue weighted by Crippen LogP contribution is 2.28. The van der Waals surface area contributed by atoms with E-state index in [0.717, 1.165) is 30.9 Å². The van der Waals surface area contributed by atoms with Gasteiger partial charge in [0.2, 0.25) is 10.0 Å². The molecule has 2 fully saturated rings. The van der Waals surface area contributed by atoms with Crippen LogP contribution in [0.5, 0.6) is 0 Å². The second-order valence-corrected chi connectivity index (χ2v) is 8.23. The number of hydrogen-bond donors (Lipinski definition) is 1. The van der Waals surface area contributed by atoms with Gasteiger partial charge in [0.25, 0.3) is 0 Å². The van der Waals surface area contributed by atoms with Crippen LogP contribution >= 0.6 is 0 Å². The third-order valence-electron chi connectivity index (χ3n) is 4.26. The zero-order valence-corrected chi connectivity index (χ0v) is 13.8. The zero-order chi connectivity index (χ0) is 15.9. The van der Waals surface area contributed by atoms with Crippen LogP contribution in [0.2, 0.25) is 0 Å². The van der Waals surface area contributed by atoms with Crippen LogP contribution in [0, 0.1) is 6.92 Å². The van der Waals surface area contributed by atoms with Gasteiger partial charge in [-0.05, 0) is 19.8 Å². The van der Waals surface area contributed by atoms with Crippen LogP contribution in [0.1, 0.15) is 30.3 Å². The lowest BCUT2D eigenvalue weighted by atomic mass is 10.0. The normalized spacial score (nSPS) is 24.3. The Balaban J connectivity index is 1.77. The molecule has 0 aromatic carbocycles. The van der Waals surface area contributed by atoms with E-state index >= 15 is 0 Å². The summed E-state index contributed by atoms with van der Waals surface area (Å²) in [5, 5.41) is 9.81. The first-order valence-corrected chi connectivity index (χ1v) is 9.41. The number of aryl methyl sites for hydroxylation is 1. The maximum Gasteiger partial charge on any atom is 0.211 e. The van der Waals surface area contributed by atoms with Crippen LogP contribution in [0.3, 0.4) is 0 Å². The number of rotatable bonds is 3. The number of aliphatic hydroxyl groups excluding tert-OH is 1. The minimum atomic E-state index is -3.12. The predicted molar refractivity (Wildman–Crippen MR) is 83.4 cm³/mol. The van der Waals surface area contributed by atoms with Crippen molar-refractivity contribution in [2.24, 2.45) is 0 Å². The van der Waals surface area contributed by atoms with Crippen molar-refractivity contribution in [2.45, 2.75) is 31.8 Å². The average Bonchev–Trinajstić information content (AvgIpc) is 2.34. The molecule has 0 amide bonds. The van der Waals surface area contributed by atoms with E-state index in [2.05, 4.69) is 14.9 Å². The van der Waals surface area contributed by atoms with Crippen LogP contribution < -0.4 is 4.90 Å². The van der Waals surface area contributed by atoms with Crippen LogP contribution in [0.15, 0.2) is 6.07 Å². The van der Waals surface area contributed by atoms with Gasteiger partial charge in [-0.15, -0.1) is 0 Å². The lowest BCUT2D eigenvalue weighted by molar-refractivity contribution is 0.153. The van der Waals surface area contributed by atoms with Crippen molar-refractivity contribution in [3.8, 4) is 0 Å². The van der Waals surface area contributed by atoms with Gasteiger partial charge >= 0.3 is 0 Å². The summed E-state index contributed by atoms with van der Waals surface area (Å²) in [6.07, 6.45) is 2.70. The zero-order valence-electron chi connectivity index (χ0n) is 12.9. The summed E-state index contributed by atoms with van der Waals surface area (Å²) in [5.74, 6) is 1.59. The van der Waals surface area contributed by atoms with Gasteiger partial charge in [0.15, 0.2) is 0 Å². The molecule has 1 N–H and O–H groups in total. The Morgan fingerprint density at radius 2 is 2.00 bits per heavy atom. The molecular formula is C14H22N4O3S. The number of aliphatic hydroxyl groups is 1. The molecule has 8 heteroatoms. The Bertz CT molecular complexity index is 658. The molecule has 0 radical (unpaired) electrons. The largest absolute Gasteiger partial charge is 0.391 e. The Morgan fingerprint density at radius 1 is 1.27 bits per heavy atom. The van der Waals surface area contributed by atoms with E-state index in [1.807, 2.05) is 13.0 Å². The highest BCUT2D eigenvalue weighted by Gasteiger charge is 2.36. The first-order valence-electron chi connectivity index (χ1n) is 7.56. The van der Waals surface area contributed by atoms with Crippen molar-refractivity contribution >= 4 is 15.8 Å². The molecule has 1 atom stereocenters. The number of anilines is 1. The van der Waals surface area contributed by atoms with Crippen molar-refractivity contribution in [3.05, 3.63) is 17.6 Å². The Kier molecular flexibility index (Phi) is 4.09. The molecule has 1 aromatic heterocycles. The van der Waals surface area contributed by atoms with Gasteiger partial charge in [-0.3, -0.25) is 0 Å². The Morgan fingerprint density at radius 3 is 2.64 bits per heavy atom. The Hall–Kier alpha value is -1.25. The smallest absolute Gasteiger partial charge is 0.211 e. The summed E-state index contributed by atoms with van der Waals surface area (Å²) in [4.78, 5) is 11.2. The molecule has 0 bridgehead atoms. The van der Waals surface area contributed by atoms with Gasteiger partial charge in [0.05, 0.1) is 12.4 Å². The number of nitrogens with zero attached hydrogens (tertiary/aromatic N) is 4. The maximum absolute atomic E-state index is 11.5. The number of hydrogen-bond acceptors (Lipinski definition) is 6. The van der Waals surface area contributed by atoms with Gasteiger partial charge in [-0.25, -0.2) is 22.7 Å². The van der Waals surface area contributed by atoms with E-state index in [4.69, 9.17) is 0 Å². The van der Waals surface area contributed by atoms with Crippen molar-refractivity contribution in [1.82, 2.24) is 14.3 Å². The van der Waals surface area contributed by atoms with E-state index < -0.39 is 10.0 Å². The van der Waals surface area contributed by atoms with Crippen molar-refractivity contribution < 1.29 is 13.5 Å². The molecule has 1 aromatic rings. The van der Waals surface area contributed by atoms with E-state index in [1.54, 1.807) is 0 Å². The molecule has 0 spiro atoms. The highest BCUT2D eigenvalue weighted by molar-refractivity contribution is 7.88. The summed E-state index contributed by atoms with van der Waals surface area (Å²) in [6.45, 7) is 4.29. The predicted octanol–water partition coefficient (Wildman–Crippen LogP) is 0.105. The molecule has 3 heterocycles. The minimum Gasteiger partial charge on any atom is -0.391 e. The van der Waals surface area contributed by atoms with E-state index in [1.165, 1.54) is 10.6 Å². The van der Waals surface area contributed by atoms with Crippen LogP contribution in [0.25, 0.3) is 0 Å². The van der Waals surface area contributed by atoms with Crippen LogP contribution in [-0.4, -0.2) is 66.3 Å². The molecule has 0 aliphatic carbocycles. The molecule has 2 aliphatic rings. The third-order valence-corrected chi connectivity index (χ3v) is 5.50. The van der Waals surface area contributed by atoms with Gasteiger partial charge in [0.1, 0.15) is 11.6 Å². The summed E-state index contributed by atoms with van der Waals surface area (Å²) >= 11 is 0. The lowest BCUT2D eigenvalue weighted by Crippen LogP contribution is -2.48. The molecule has 2 saturated heterocycles. The van der Waals surface area contributed by atoms with Crippen molar-refractivity contribution in [2.75, 3.05) is 37.3 Å². The number of sulfonamides is 1. The fraction of sp³-hybridized carbons (Fsp3) is 0.714. The standard InChI is InChI=1S/C14H22N4O3S/c1-10-6-13(17-5-3-4-12(19)9-17)16-14(15-10)11-7-18(8-11)22(2,20)21/h6,11-12,19H,3-5,7-9H2,1-2H3. The van der Waals surface area contributed by atoms with Crippen molar-refractivity contribution in [3.63, 3.8) is 0 Å². The monoisotopic (exact) mass is 326 g/mol. The molecule has 7 nitrogen and oxygen atoms in total. The molecule has 3 rings (SSSR count). The third kappa shape index (κ3) is 3.23.